The molecule has 2 aromatic carbocycles. The van der Waals surface area contributed by atoms with Crippen molar-refractivity contribution < 1.29 is 19.4 Å². The summed E-state index contributed by atoms with van der Waals surface area (Å²) in [5, 5.41) is 9.46. The Balaban J connectivity index is 0.000000357. The van der Waals surface area contributed by atoms with Crippen molar-refractivity contribution in [1.82, 2.24) is 0 Å². The number of carboxylic acid groups (broad SMARTS) is 1. The van der Waals surface area contributed by atoms with E-state index in [0.29, 0.717) is 5.75 Å². The Morgan fingerprint density at radius 3 is 2.17 bits per heavy atom. The molecular weight excluding hydrogens is 232 g/mol. The van der Waals surface area contributed by atoms with Crippen molar-refractivity contribution in [3.05, 3.63) is 42.5 Å². The number of esters is 1. The first-order chi connectivity index (χ1) is 8.50. The summed E-state index contributed by atoms with van der Waals surface area (Å²) in [6.07, 6.45) is 0. The molecule has 0 fully saturated rings. The summed E-state index contributed by atoms with van der Waals surface area (Å²) in [5.41, 5.74) is 0. The quantitative estimate of drug-likeness (QED) is 0.620. The molecule has 0 aliphatic rings. The van der Waals surface area contributed by atoms with Crippen LogP contribution in [0.5, 0.6) is 5.75 Å². The molecule has 0 aromatic heterocycles. The number of hydrogen-bond donors (Lipinski definition) is 1. The van der Waals surface area contributed by atoms with Gasteiger partial charge in [-0.3, -0.25) is 9.59 Å². The van der Waals surface area contributed by atoms with Crippen molar-refractivity contribution in [1.29, 1.82) is 0 Å². The molecule has 0 aliphatic heterocycles. The molecule has 1 N–H and O–H groups in total. The third kappa shape index (κ3) is 4.25. The van der Waals surface area contributed by atoms with Gasteiger partial charge in [0, 0.05) is 19.2 Å². The van der Waals surface area contributed by atoms with Gasteiger partial charge in [-0.1, -0.05) is 36.4 Å². The molecule has 2 aromatic rings. The Morgan fingerprint density at radius 1 is 1.00 bits per heavy atom. The average molecular weight is 246 g/mol. The molecule has 0 saturated heterocycles. The molecule has 18 heavy (non-hydrogen) atoms. The summed E-state index contributed by atoms with van der Waals surface area (Å²) >= 11 is 0. The van der Waals surface area contributed by atoms with E-state index in [-0.39, 0.29) is 5.97 Å². The summed E-state index contributed by atoms with van der Waals surface area (Å²) in [7, 11) is 0. The van der Waals surface area contributed by atoms with E-state index in [0.717, 1.165) is 17.7 Å². The standard InChI is InChI=1S/C12H10O2.C2H4O2/c1-9(13)14-12-8-4-6-10-5-2-3-7-11(10)12;1-2(3)4/h2-8H,1H3;1H3,(H,3,4). The fraction of sp³-hybridized carbons (Fsp3) is 0.143. The van der Waals surface area contributed by atoms with Gasteiger partial charge in [-0.2, -0.15) is 0 Å². The number of fused-ring (bicyclic) bond motifs is 1. The molecule has 0 bridgehead atoms. The number of carbonyl (C=O) groups is 2. The van der Waals surface area contributed by atoms with Gasteiger partial charge < -0.3 is 9.84 Å². The lowest BCUT2D eigenvalue weighted by Gasteiger charge is -2.04. The fourth-order valence-corrected chi connectivity index (χ4v) is 1.44. The highest BCUT2D eigenvalue weighted by Gasteiger charge is 2.02. The van der Waals surface area contributed by atoms with Crippen LogP contribution in [0.25, 0.3) is 10.8 Å². The van der Waals surface area contributed by atoms with E-state index < -0.39 is 5.97 Å². The molecule has 2 rings (SSSR count). The van der Waals surface area contributed by atoms with Crippen molar-refractivity contribution in [3.63, 3.8) is 0 Å². The minimum atomic E-state index is -0.833. The Morgan fingerprint density at radius 2 is 1.56 bits per heavy atom. The second-order valence-electron chi connectivity index (χ2n) is 3.59. The number of rotatable bonds is 1. The minimum Gasteiger partial charge on any atom is -0.481 e. The third-order valence-electron chi connectivity index (χ3n) is 2.00. The molecule has 0 radical (unpaired) electrons. The van der Waals surface area contributed by atoms with Crippen molar-refractivity contribution in [3.8, 4) is 5.75 Å². The Hall–Kier alpha value is -2.36. The van der Waals surface area contributed by atoms with Crippen molar-refractivity contribution >= 4 is 22.7 Å². The molecule has 0 amide bonds. The second kappa shape index (κ2) is 6.39. The molecule has 0 atom stereocenters. The van der Waals surface area contributed by atoms with Crippen LogP contribution in [-0.4, -0.2) is 17.0 Å². The number of aliphatic carboxylic acids is 1. The van der Waals surface area contributed by atoms with E-state index in [2.05, 4.69) is 0 Å². The summed E-state index contributed by atoms with van der Waals surface area (Å²) < 4.78 is 5.09. The second-order valence-corrected chi connectivity index (χ2v) is 3.59. The highest BCUT2D eigenvalue weighted by atomic mass is 16.5. The zero-order chi connectivity index (χ0) is 13.5. The maximum atomic E-state index is 10.8. The SMILES string of the molecule is CC(=O)O.CC(=O)Oc1cccc2ccccc12. The minimum absolute atomic E-state index is 0.290. The van der Waals surface area contributed by atoms with Crippen molar-refractivity contribution in [2.24, 2.45) is 0 Å². The predicted octanol–water partition coefficient (Wildman–Crippen LogP) is 2.86. The van der Waals surface area contributed by atoms with Crippen LogP contribution in [0.4, 0.5) is 0 Å². The van der Waals surface area contributed by atoms with Crippen molar-refractivity contribution in [2.75, 3.05) is 0 Å². The van der Waals surface area contributed by atoms with Gasteiger partial charge in [0.15, 0.2) is 0 Å². The van der Waals surface area contributed by atoms with Crippen molar-refractivity contribution in [2.45, 2.75) is 13.8 Å². The van der Waals surface area contributed by atoms with Crippen LogP contribution in [0, 0.1) is 0 Å². The average Bonchev–Trinajstić information content (AvgIpc) is 2.28. The highest BCUT2D eigenvalue weighted by Crippen LogP contribution is 2.24. The fourth-order valence-electron chi connectivity index (χ4n) is 1.44. The summed E-state index contributed by atoms with van der Waals surface area (Å²) in [5.74, 6) is -0.503. The molecule has 0 unspecified atom stereocenters. The number of carbonyl (C=O) groups excluding carboxylic acids is 1. The zero-order valence-corrected chi connectivity index (χ0v) is 10.2. The van der Waals surface area contributed by atoms with E-state index in [9.17, 15) is 4.79 Å². The summed E-state index contributed by atoms with van der Waals surface area (Å²) in [6, 6.07) is 13.5. The van der Waals surface area contributed by atoms with E-state index in [1.165, 1.54) is 6.92 Å². The molecule has 94 valence electrons. The van der Waals surface area contributed by atoms with Crippen LogP contribution in [0.2, 0.25) is 0 Å². The number of benzene rings is 2. The Kier molecular flexibility index (Phi) is 4.87. The lowest BCUT2D eigenvalue weighted by atomic mass is 10.1. The molecule has 4 nitrogen and oxygen atoms in total. The van der Waals surface area contributed by atoms with Crippen LogP contribution in [0.3, 0.4) is 0 Å². The van der Waals surface area contributed by atoms with Gasteiger partial charge in [0.05, 0.1) is 0 Å². The first-order valence-corrected chi connectivity index (χ1v) is 5.36. The van der Waals surface area contributed by atoms with Crippen LogP contribution in [0.1, 0.15) is 13.8 Å². The number of carboxylic acids is 1. The number of ether oxygens (including phenoxy) is 1. The van der Waals surface area contributed by atoms with Crippen LogP contribution in [-0.2, 0) is 9.59 Å². The largest absolute Gasteiger partial charge is 0.481 e. The lowest BCUT2D eigenvalue weighted by Crippen LogP contribution is -2.01. The monoisotopic (exact) mass is 246 g/mol. The summed E-state index contributed by atoms with van der Waals surface area (Å²) in [4.78, 5) is 19.8. The molecule has 0 saturated carbocycles. The topological polar surface area (TPSA) is 63.6 Å². The van der Waals surface area contributed by atoms with E-state index in [1.54, 1.807) is 6.07 Å². The maximum Gasteiger partial charge on any atom is 0.308 e. The molecule has 0 heterocycles. The van der Waals surface area contributed by atoms with Crippen LogP contribution in [0.15, 0.2) is 42.5 Å². The number of hydrogen-bond acceptors (Lipinski definition) is 3. The lowest BCUT2D eigenvalue weighted by molar-refractivity contribution is -0.134. The first-order valence-electron chi connectivity index (χ1n) is 5.36. The van der Waals surface area contributed by atoms with Crippen LogP contribution >= 0.6 is 0 Å². The molecule has 0 spiro atoms. The normalized spacial score (nSPS) is 9.22. The third-order valence-corrected chi connectivity index (χ3v) is 2.00. The van der Waals surface area contributed by atoms with Gasteiger partial charge in [-0.05, 0) is 11.5 Å². The van der Waals surface area contributed by atoms with Gasteiger partial charge in [0.2, 0.25) is 0 Å². The first kappa shape index (κ1) is 13.7. The molecule has 0 aliphatic carbocycles. The van der Waals surface area contributed by atoms with Gasteiger partial charge in [-0.25, -0.2) is 0 Å². The van der Waals surface area contributed by atoms with E-state index in [1.807, 2.05) is 36.4 Å². The molecular formula is C14H14O4. The predicted molar refractivity (Wildman–Crippen MR) is 68.6 cm³/mol. The summed E-state index contributed by atoms with van der Waals surface area (Å²) in [6.45, 7) is 2.49. The Labute approximate surface area is 105 Å². The van der Waals surface area contributed by atoms with E-state index >= 15 is 0 Å². The van der Waals surface area contributed by atoms with Gasteiger partial charge in [0.25, 0.3) is 5.97 Å². The highest BCUT2D eigenvalue weighted by molar-refractivity contribution is 5.90. The Bertz CT molecular complexity index is 551. The zero-order valence-electron chi connectivity index (χ0n) is 10.2. The molecule has 4 heteroatoms. The van der Waals surface area contributed by atoms with E-state index in [4.69, 9.17) is 14.6 Å². The van der Waals surface area contributed by atoms with Gasteiger partial charge in [-0.15, -0.1) is 0 Å². The maximum absolute atomic E-state index is 10.8. The van der Waals surface area contributed by atoms with Gasteiger partial charge in [0.1, 0.15) is 5.75 Å². The van der Waals surface area contributed by atoms with Gasteiger partial charge >= 0.3 is 5.97 Å². The van der Waals surface area contributed by atoms with Crippen LogP contribution < -0.4 is 4.74 Å². The smallest absolute Gasteiger partial charge is 0.308 e.